The van der Waals surface area contributed by atoms with Gasteiger partial charge in [0.15, 0.2) is 0 Å². The van der Waals surface area contributed by atoms with Crippen molar-refractivity contribution in [3.8, 4) is 0 Å². The van der Waals surface area contributed by atoms with Crippen molar-refractivity contribution in [1.29, 1.82) is 0 Å². The van der Waals surface area contributed by atoms with Gasteiger partial charge in [0.1, 0.15) is 5.15 Å². The molecule has 0 spiro atoms. The summed E-state index contributed by atoms with van der Waals surface area (Å²) in [6.07, 6.45) is -0.957. The number of hydrogen-bond donors (Lipinski definition) is 1. The Morgan fingerprint density at radius 3 is 2.42 bits per heavy atom. The maximum atomic E-state index is 13.2. The molecule has 1 N–H and O–H groups in total. The third-order valence-corrected chi connectivity index (χ3v) is 3.21. The van der Waals surface area contributed by atoms with Crippen LogP contribution in [0.5, 0.6) is 0 Å². The van der Waals surface area contributed by atoms with Gasteiger partial charge in [0, 0.05) is 37.9 Å². The van der Waals surface area contributed by atoms with Gasteiger partial charge in [0.2, 0.25) is 0 Å². The van der Waals surface area contributed by atoms with Crippen LogP contribution in [-0.4, -0.2) is 42.5 Å². The SMILES string of the molecule is Cl.Cl.FC(F)[C@@H](c1cccnc1Cl)N1CCNCC1. The maximum absolute atomic E-state index is 13.2. The Hall–Kier alpha value is -0.200. The molecule has 1 atom stereocenters. The second-order valence-corrected chi connectivity index (χ2v) is 4.31. The predicted octanol–water partition coefficient (Wildman–Crippen LogP) is 2.79. The lowest BCUT2D eigenvalue weighted by Crippen LogP contribution is -2.47. The first-order valence-electron chi connectivity index (χ1n) is 5.53. The molecule has 0 aliphatic carbocycles. The second-order valence-electron chi connectivity index (χ2n) is 3.95. The van der Waals surface area contributed by atoms with Gasteiger partial charge in [-0.2, -0.15) is 0 Å². The molecule has 1 aliphatic rings. The maximum Gasteiger partial charge on any atom is 0.258 e. The number of alkyl halides is 2. The minimum atomic E-state index is -2.46. The molecule has 19 heavy (non-hydrogen) atoms. The molecule has 8 heteroatoms. The van der Waals surface area contributed by atoms with E-state index in [-0.39, 0.29) is 30.0 Å². The molecular formula is C11H16Cl3F2N3. The Bertz CT molecular complexity index is 376. The summed E-state index contributed by atoms with van der Waals surface area (Å²) in [4.78, 5) is 5.62. The number of nitrogens with one attached hydrogen (secondary N) is 1. The highest BCUT2D eigenvalue weighted by Gasteiger charge is 2.31. The van der Waals surface area contributed by atoms with E-state index in [9.17, 15) is 8.78 Å². The van der Waals surface area contributed by atoms with Gasteiger partial charge in [-0.15, -0.1) is 24.8 Å². The van der Waals surface area contributed by atoms with E-state index in [0.29, 0.717) is 18.7 Å². The van der Waals surface area contributed by atoms with Gasteiger partial charge in [0.25, 0.3) is 6.43 Å². The van der Waals surface area contributed by atoms with E-state index in [2.05, 4.69) is 10.3 Å². The zero-order valence-electron chi connectivity index (χ0n) is 10.1. The highest BCUT2D eigenvalue weighted by Crippen LogP contribution is 2.31. The smallest absolute Gasteiger partial charge is 0.258 e. The molecule has 1 aromatic rings. The highest BCUT2D eigenvalue weighted by atomic mass is 35.5. The van der Waals surface area contributed by atoms with Crippen molar-refractivity contribution in [2.24, 2.45) is 0 Å². The van der Waals surface area contributed by atoms with Crippen LogP contribution in [0, 0.1) is 0 Å². The van der Waals surface area contributed by atoms with E-state index >= 15 is 0 Å². The van der Waals surface area contributed by atoms with Crippen molar-refractivity contribution >= 4 is 36.4 Å². The summed E-state index contributed by atoms with van der Waals surface area (Å²) in [6.45, 7) is 2.64. The van der Waals surface area contributed by atoms with Gasteiger partial charge >= 0.3 is 0 Å². The molecule has 1 aromatic heterocycles. The number of aromatic nitrogens is 1. The Kier molecular flexibility index (Phi) is 8.78. The number of nitrogens with zero attached hydrogens (tertiary/aromatic N) is 2. The average molecular weight is 335 g/mol. The Balaban J connectivity index is 0.00000162. The minimum Gasteiger partial charge on any atom is -0.314 e. The fourth-order valence-corrected chi connectivity index (χ4v) is 2.30. The normalized spacial score (nSPS) is 17.5. The van der Waals surface area contributed by atoms with Gasteiger partial charge in [-0.05, 0) is 6.07 Å². The van der Waals surface area contributed by atoms with Crippen molar-refractivity contribution in [3.63, 3.8) is 0 Å². The Labute approximate surface area is 128 Å². The zero-order chi connectivity index (χ0) is 12.3. The first-order valence-corrected chi connectivity index (χ1v) is 5.91. The van der Waals surface area contributed by atoms with E-state index in [1.807, 2.05) is 0 Å². The monoisotopic (exact) mass is 333 g/mol. The summed E-state index contributed by atoms with van der Waals surface area (Å²) >= 11 is 5.90. The topological polar surface area (TPSA) is 28.2 Å². The van der Waals surface area contributed by atoms with Crippen molar-refractivity contribution in [1.82, 2.24) is 15.2 Å². The highest BCUT2D eigenvalue weighted by molar-refractivity contribution is 6.30. The van der Waals surface area contributed by atoms with E-state index in [4.69, 9.17) is 11.6 Å². The lowest BCUT2D eigenvalue weighted by Gasteiger charge is -2.34. The molecule has 0 unspecified atom stereocenters. The quantitative estimate of drug-likeness (QED) is 0.862. The van der Waals surface area contributed by atoms with E-state index in [1.54, 1.807) is 17.0 Å². The Morgan fingerprint density at radius 1 is 1.26 bits per heavy atom. The van der Waals surface area contributed by atoms with Crippen molar-refractivity contribution in [2.45, 2.75) is 12.5 Å². The first kappa shape index (κ1) is 18.8. The molecule has 1 fully saturated rings. The zero-order valence-corrected chi connectivity index (χ0v) is 12.4. The van der Waals surface area contributed by atoms with E-state index in [0.717, 1.165) is 13.1 Å². The predicted molar refractivity (Wildman–Crippen MR) is 76.9 cm³/mol. The van der Waals surface area contributed by atoms with Crippen LogP contribution >= 0.6 is 36.4 Å². The molecule has 1 aliphatic heterocycles. The molecule has 3 nitrogen and oxygen atoms in total. The summed E-state index contributed by atoms with van der Waals surface area (Å²) in [5.41, 5.74) is 0.408. The molecule has 0 aromatic carbocycles. The standard InChI is InChI=1S/C11H14ClF2N3.2ClH/c12-10-8(2-1-3-16-10)9(11(13)14)17-6-4-15-5-7-17;;/h1-3,9,11,15H,4-7H2;2*1H/t9-;;/m1../s1. The van der Waals surface area contributed by atoms with Gasteiger partial charge < -0.3 is 5.32 Å². The Morgan fingerprint density at radius 2 is 1.89 bits per heavy atom. The van der Waals surface area contributed by atoms with Crippen molar-refractivity contribution < 1.29 is 8.78 Å². The molecule has 1 saturated heterocycles. The molecule has 2 heterocycles. The number of piperazine rings is 1. The fraction of sp³-hybridized carbons (Fsp3) is 0.545. The lowest BCUT2D eigenvalue weighted by atomic mass is 10.1. The van der Waals surface area contributed by atoms with Gasteiger partial charge in [-0.3, -0.25) is 4.90 Å². The second kappa shape index (κ2) is 8.87. The van der Waals surface area contributed by atoms with Crippen LogP contribution < -0.4 is 5.32 Å². The summed E-state index contributed by atoms with van der Waals surface area (Å²) in [7, 11) is 0. The van der Waals surface area contributed by atoms with Gasteiger partial charge in [-0.1, -0.05) is 17.7 Å². The lowest BCUT2D eigenvalue weighted by molar-refractivity contribution is 0.0180. The molecule has 0 amide bonds. The minimum absolute atomic E-state index is 0. The van der Waals surface area contributed by atoms with E-state index in [1.165, 1.54) is 6.20 Å². The third-order valence-electron chi connectivity index (χ3n) is 2.89. The number of hydrogen-bond acceptors (Lipinski definition) is 3. The number of pyridine rings is 1. The molecule has 0 saturated carbocycles. The molecule has 0 bridgehead atoms. The molecule has 110 valence electrons. The molecule has 2 rings (SSSR count). The first-order chi connectivity index (χ1) is 8.20. The molecule has 0 radical (unpaired) electrons. The van der Waals surface area contributed by atoms with Crippen LogP contribution in [0.25, 0.3) is 0 Å². The largest absolute Gasteiger partial charge is 0.314 e. The van der Waals surface area contributed by atoms with Crippen molar-refractivity contribution in [2.75, 3.05) is 26.2 Å². The summed E-state index contributed by atoms with van der Waals surface area (Å²) in [5, 5.41) is 3.30. The van der Waals surface area contributed by atoms with E-state index < -0.39 is 12.5 Å². The molecular weight excluding hydrogens is 318 g/mol. The van der Waals surface area contributed by atoms with Crippen LogP contribution in [-0.2, 0) is 0 Å². The van der Waals surface area contributed by atoms with Crippen LogP contribution in [0.4, 0.5) is 8.78 Å². The third kappa shape index (κ3) is 4.68. The van der Waals surface area contributed by atoms with Gasteiger partial charge in [-0.25, -0.2) is 13.8 Å². The number of rotatable bonds is 3. The van der Waals surface area contributed by atoms with Gasteiger partial charge in [0.05, 0.1) is 6.04 Å². The number of halogens is 5. The summed E-state index contributed by atoms with van der Waals surface area (Å²) in [5.74, 6) is 0. The average Bonchev–Trinajstić information content (AvgIpc) is 2.33. The van der Waals surface area contributed by atoms with Crippen LogP contribution in [0.2, 0.25) is 5.15 Å². The fourth-order valence-electron chi connectivity index (χ4n) is 2.07. The van der Waals surface area contributed by atoms with Crippen LogP contribution in [0.1, 0.15) is 11.6 Å². The van der Waals surface area contributed by atoms with Crippen molar-refractivity contribution in [3.05, 3.63) is 29.0 Å². The summed E-state index contributed by atoms with van der Waals surface area (Å²) < 4.78 is 26.4. The van der Waals surface area contributed by atoms with Crippen LogP contribution in [0.3, 0.4) is 0 Å². The summed E-state index contributed by atoms with van der Waals surface area (Å²) in [6, 6.07) is 2.30. The van der Waals surface area contributed by atoms with Crippen LogP contribution in [0.15, 0.2) is 18.3 Å².